The van der Waals surface area contributed by atoms with Crippen LogP contribution >= 0.6 is 0 Å². The van der Waals surface area contributed by atoms with Gasteiger partial charge in [-0.15, -0.1) is 0 Å². The number of carbonyl (C=O) groups is 1. The van der Waals surface area contributed by atoms with Gasteiger partial charge in [0, 0.05) is 22.7 Å². The minimum atomic E-state index is -0.197. The molecular formula is C27H24N2O. The summed E-state index contributed by atoms with van der Waals surface area (Å²) in [6.07, 6.45) is 1.85. The second kappa shape index (κ2) is 7.43. The van der Waals surface area contributed by atoms with Gasteiger partial charge in [0.25, 0.3) is 5.91 Å². The Balaban J connectivity index is 1.26. The quantitative estimate of drug-likeness (QED) is 0.470. The molecule has 3 heteroatoms. The zero-order valence-electron chi connectivity index (χ0n) is 16.7. The fraction of sp³-hybridized carbons (Fsp3) is 0.148. The van der Waals surface area contributed by atoms with Crippen molar-refractivity contribution >= 4 is 22.4 Å². The highest BCUT2D eigenvalue weighted by Crippen LogP contribution is 2.51. The summed E-state index contributed by atoms with van der Waals surface area (Å²) in [5.41, 5.74) is 10.5. The Morgan fingerprint density at radius 3 is 2.33 bits per heavy atom. The molecular weight excluding hydrogens is 368 g/mol. The Morgan fingerprint density at radius 2 is 1.57 bits per heavy atom. The van der Waals surface area contributed by atoms with Gasteiger partial charge in [0.05, 0.1) is 0 Å². The molecule has 148 valence electrons. The van der Waals surface area contributed by atoms with Crippen LogP contribution in [0.5, 0.6) is 0 Å². The molecule has 1 aliphatic rings. The zero-order chi connectivity index (χ0) is 20.6. The summed E-state index contributed by atoms with van der Waals surface area (Å²) in [4.78, 5) is 12.3. The minimum absolute atomic E-state index is 0.0979. The van der Waals surface area contributed by atoms with Crippen LogP contribution < -0.4 is 11.1 Å². The van der Waals surface area contributed by atoms with Crippen molar-refractivity contribution in [2.45, 2.75) is 24.3 Å². The van der Waals surface area contributed by atoms with Crippen molar-refractivity contribution in [3.63, 3.8) is 0 Å². The van der Waals surface area contributed by atoms with E-state index in [4.69, 9.17) is 5.73 Å². The summed E-state index contributed by atoms with van der Waals surface area (Å²) in [6, 6.07) is 32.4. The van der Waals surface area contributed by atoms with Gasteiger partial charge < -0.3 is 11.1 Å². The Kier molecular flexibility index (Phi) is 4.61. The smallest absolute Gasteiger partial charge is 0.255 e. The SMILES string of the molecule is N[C@]1(Cc2ccc3ccccc3c2)C[C@H]1c1ccc(NC(=O)c2ccccc2)cc1. The average Bonchev–Trinajstić information content (AvgIpc) is 3.45. The third-order valence-corrected chi connectivity index (χ3v) is 6.07. The molecule has 1 amide bonds. The highest BCUT2D eigenvalue weighted by atomic mass is 16.1. The molecule has 3 nitrogen and oxygen atoms in total. The number of rotatable bonds is 5. The summed E-state index contributed by atoms with van der Waals surface area (Å²) in [7, 11) is 0. The Hall–Kier alpha value is -3.43. The lowest BCUT2D eigenvalue weighted by Crippen LogP contribution is -2.27. The van der Waals surface area contributed by atoms with Gasteiger partial charge in [0.1, 0.15) is 0 Å². The largest absolute Gasteiger partial charge is 0.324 e. The van der Waals surface area contributed by atoms with Crippen molar-refractivity contribution in [3.8, 4) is 0 Å². The molecule has 0 saturated heterocycles. The Labute approximate surface area is 176 Å². The van der Waals surface area contributed by atoms with E-state index in [-0.39, 0.29) is 11.4 Å². The van der Waals surface area contributed by atoms with Crippen molar-refractivity contribution in [1.82, 2.24) is 0 Å². The molecule has 0 unspecified atom stereocenters. The zero-order valence-corrected chi connectivity index (χ0v) is 16.7. The van der Waals surface area contributed by atoms with Gasteiger partial charge in [-0.05, 0) is 59.0 Å². The van der Waals surface area contributed by atoms with Crippen LogP contribution in [-0.4, -0.2) is 11.4 Å². The Morgan fingerprint density at radius 1 is 0.867 bits per heavy atom. The first-order valence-electron chi connectivity index (χ1n) is 10.3. The number of hydrogen-bond donors (Lipinski definition) is 2. The molecule has 1 saturated carbocycles. The first-order chi connectivity index (χ1) is 14.6. The van der Waals surface area contributed by atoms with Gasteiger partial charge in [-0.25, -0.2) is 0 Å². The standard InChI is InChI=1S/C27H24N2O/c28-27(17-19-10-11-20-6-4-5-9-23(20)16-19)18-25(27)21-12-14-24(15-13-21)29-26(30)22-7-2-1-3-8-22/h1-16,25H,17-18,28H2,(H,29,30)/t25-,27+/m0/s1. The second-order valence-corrected chi connectivity index (χ2v) is 8.29. The number of amides is 1. The van der Waals surface area contributed by atoms with Crippen molar-refractivity contribution < 1.29 is 4.79 Å². The van der Waals surface area contributed by atoms with Gasteiger partial charge in [-0.3, -0.25) is 4.79 Å². The molecule has 0 radical (unpaired) electrons. The maximum absolute atomic E-state index is 12.3. The van der Waals surface area contributed by atoms with Crippen molar-refractivity contribution in [2.75, 3.05) is 5.32 Å². The van der Waals surface area contributed by atoms with Crippen LogP contribution in [0.3, 0.4) is 0 Å². The van der Waals surface area contributed by atoms with Gasteiger partial charge in [-0.1, -0.05) is 72.8 Å². The molecule has 5 rings (SSSR count). The Bertz CT molecular complexity index is 1200. The van der Waals surface area contributed by atoms with E-state index in [0.717, 1.165) is 18.5 Å². The number of hydrogen-bond acceptors (Lipinski definition) is 2. The van der Waals surface area contributed by atoms with Crippen LogP contribution in [0, 0.1) is 0 Å². The number of nitrogens with one attached hydrogen (secondary N) is 1. The lowest BCUT2D eigenvalue weighted by molar-refractivity contribution is 0.102. The summed E-state index contributed by atoms with van der Waals surface area (Å²) >= 11 is 0. The second-order valence-electron chi connectivity index (χ2n) is 8.29. The highest BCUT2D eigenvalue weighted by Gasteiger charge is 2.51. The van der Waals surface area contributed by atoms with Crippen LogP contribution in [0.15, 0.2) is 97.1 Å². The molecule has 3 N–H and O–H groups in total. The highest BCUT2D eigenvalue weighted by molar-refractivity contribution is 6.04. The molecule has 0 bridgehead atoms. The van der Waals surface area contributed by atoms with E-state index in [1.807, 2.05) is 42.5 Å². The number of benzene rings is 4. The predicted octanol–water partition coefficient (Wildman–Crippen LogP) is 5.52. The van der Waals surface area contributed by atoms with Crippen LogP contribution in [0.1, 0.15) is 33.8 Å². The third-order valence-electron chi connectivity index (χ3n) is 6.07. The van der Waals surface area contributed by atoms with Crippen molar-refractivity contribution in [1.29, 1.82) is 0 Å². The molecule has 4 aromatic rings. The first kappa shape index (κ1) is 18.6. The number of anilines is 1. The van der Waals surface area contributed by atoms with E-state index >= 15 is 0 Å². The van der Waals surface area contributed by atoms with Gasteiger partial charge >= 0.3 is 0 Å². The van der Waals surface area contributed by atoms with E-state index in [2.05, 4.69) is 59.9 Å². The summed E-state index contributed by atoms with van der Waals surface area (Å²) < 4.78 is 0. The topological polar surface area (TPSA) is 55.1 Å². The molecule has 0 aromatic heterocycles. The van der Waals surface area contributed by atoms with Crippen LogP contribution in [0.2, 0.25) is 0 Å². The van der Waals surface area contributed by atoms with Crippen molar-refractivity contribution in [3.05, 3.63) is 114 Å². The molecule has 1 fully saturated rings. The molecule has 0 aliphatic heterocycles. The van der Waals surface area contributed by atoms with E-state index in [1.165, 1.54) is 21.9 Å². The fourth-order valence-corrected chi connectivity index (χ4v) is 4.29. The van der Waals surface area contributed by atoms with Gasteiger partial charge in [0.2, 0.25) is 0 Å². The minimum Gasteiger partial charge on any atom is -0.324 e. The molecule has 0 spiro atoms. The molecule has 1 aliphatic carbocycles. The fourth-order valence-electron chi connectivity index (χ4n) is 4.29. The van der Waals surface area contributed by atoms with E-state index in [9.17, 15) is 4.79 Å². The third kappa shape index (κ3) is 3.72. The first-order valence-corrected chi connectivity index (χ1v) is 10.3. The number of fused-ring (bicyclic) bond motifs is 1. The summed E-state index contributed by atoms with van der Waals surface area (Å²) in [5.74, 6) is 0.252. The molecule has 4 aromatic carbocycles. The monoisotopic (exact) mass is 392 g/mol. The maximum Gasteiger partial charge on any atom is 0.255 e. The van der Waals surface area contributed by atoms with Gasteiger partial charge in [-0.2, -0.15) is 0 Å². The lowest BCUT2D eigenvalue weighted by Gasteiger charge is -2.13. The van der Waals surface area contributed by atoms with E-state index in [1.54, 1.807) is 0 Å². The van der Waals surface area contributed by atoms with Crippen LogP contribution in [-0.2, 0) is 6.42 Å². The molecule has 30 heavy (non-hydrogen) atoms. The summed E-state index contributed by atoms with van der Waals surface area (Å²) in [6.45, 7) is 0. The van der Waals surface area contributed by atoms with E-state index < -0.39 is 0 Å². The van der Waals surface area contributed by atoms with Gasteiger partial charge in [0.15, 0.2) is 0 Å². The molecule has 0 heterocycles. The van der Waals surface area contributed by atoms with Crippen molar-refractivity contribution in [2.24, 2.45) is 5.73 Å². The maximum atomic E-state index is 12.3. The lowest BCUT2D eigenvalue weighted by atomic mass is 9.97. The van der Waals surface area contributed by atoms with Crippen LogP contribution in [0.4, 0.5) is 5.69 Å². The van der Waals surface area contributed by atoms with Crippen LogP contribution in [0.25, 0.3) is 10.8 Å². The average molecular weight is 393 g/mol. The summed E-state index contributed by atoms with van der Waals surface area (Å²) in [5, 5.41) is 5.47. The number of nitrogens with two attached hydrogens (primary N) is 1. The number of carbonyl (C=O) groups excluding carboxylic acids is 1. The predicted molar refractivity (Wildman–Crippen MR) is 123 cm³/mol. The molecule has 2 atom stereocenters. The van der Waals surface area contributed by atoms with E-state index in [0.29, 0.717) is 11.5 Å². The normalized spacial score (nSPS) is 20.1.